The fourth-order valence-corrected chi connectivity index (χ4v) is 6.36. The summed E-state index contributed by atoms with van der Waals surface area (Å²) in [6.45, 7) is 3.97. The molecule has 0 aliphatic carbocycles. The van der Waals surface area contributed by atoms with Gasteiger partial charge in [0.2, 0.25) is 5.91 Å². The fourth-order valence-electron chi connectivity index (χ4n) is 4.77. The number of benzene rings is 5. The number of rotatable bonds is 10. The molecule has 9 heteroatoms. The number of thioether (sulfide) groups is 1. The average molecular weight is 681 g/mol. The Bertz CT molecular complexity index is 1930. The Morgan fingerprint density at radius 2 is 1.38 bits per heavy atom. The summed E-state index contributed by atoms with van der Waals surface area (Å²) < 4.78 is 0. The zero-order valence-corrected chi connectivity index (χ0v) is 27.9. The van der Waals surface area contributed by atoms with Crippen molar-refractivity contribution in [1.82, 2.24) is 5.32 Å². The Balaban J connectivity index is 1.40. The maximum atomic E-state index is 13.7. The fraction of sp³-hybridized carbons (Fsp3) is 0.0789. The lowest BCUT2D eigenvalue weighted by Crippen LogP contribution is -2.30. The summed E-state index contributed by atoms with van der Waals surface area (Å²) in [6, 6.07) is 36.1. The lowest BCUT2D eigenvalue weighted by atomic mass is 10.1. The molecule has 236 valence electrons. The van der Waals surface area contributed by atoms with Gasteiger partial charge in [-0.25, -0.2) is 0 Å². The van der Waals surface area contributed by atoms with E-state index in [-0.39, 0.29) is 11.6 Å². The van der Waals surface area contributed by atoms with E-state index in [1.54, 1.807) is 66.7 Å². The minimum Gasteiger partial charge on any atom is -0.325 e. The minimum atomic E-state index is -0.584. The van der Waals surface area contributed by atoms with Crippen LogP contribution in [-0.2, 0) is 9.59 Å². The number of nitrogens with one attached hydrogen (secondary N) is 3. The summed E-state index contributed by atoms with van der Waals surface area (Å²) in [5.41, 5.74) is 4.84. The molecule has 47 heavy (non-hydrogen) atoms. The topological polar surface area (TPSA) is 87.3 Å². The third-order valence-corrected chi connectivity index (χ3v) is 9.05. The van der Waals surface area contributed by atoms with Crippen molar-refractivity contribution in [2.75, 3.05) is 10.6 Å². The first-order chi connectivity index (χ1) is 22.7. The van der Waals surface area contributed by atoms with E-state index in [1.165, 1.54) is 17.8 Å². The van der Waals surface area contributed by atoms with E-state index in [4.69, 9.17) is 23.2 Å². The van der Waals surface area contributed by atoms with Crippen LogP contribution in [0.25, 0.3) is 6.08 Å². The number of amides is 3. The molecular weight excluding hydrogens is 649 g/mol. The molecule has 3 amide bonds. The zero-order chi connectivity index (χ0) is 33.3. The van der Waals surface area contributed by atoms with Crippen molar-refractivity contribution in [3.05, 3.63) is 165 Å². The van der Waals surface area contributed by atoms with Crippen LogP contribution in [0.4, 0.5) is 11.4 Å². The van der Waals surface area contributed by atoms with Gasteiger partial charge in [0.05, 0.1) is 0 Å². The van der Waals surface area contributed by atoms with Crippen molar-refractivity contribution in [2.45, 2.75) is 24.0 Å². The second-order valence-corrected chi connectivity index (χ2v) is 12.7. The van der Waals surface area contributed by atoms with E-state index < -0.39 is 17.1 Å². The number of halogens is 2. The Morgan fingerprint density at radius 3 is 2.06 bits per heavy atom. The molecule has 0 fully saturated rings. The lowest BCUT2D eigenvalue weighted by molar-refractivity contribution is -0.116. The molecule has 5 rings (SSSR count). The van der Waals surface area contributed by atoms with Gasteiger partial charge in [0.1, 0.15) is 10.9 Å². The zero-order valence-electron chi connectivity index (χ0n) is 25.6. The molecule has 0 saturated heterocycles. The largest absolute Gasteiger partial charge is 0.325 e. The molecule has 1 atom stereocenters. The summed E-state index contributed by atoms with van der Waals surface area (Å²) in [5, 5.41) is 8.72. The van der Waals surface area contributed by atoms with Crippen molar-refractivity contribution in [1.29, 1.82) is 0 Å². The first kappa shape index (κ1) is 33.5. The maximum absolute atomic E-state index is 13.7. The average Bonchev–Trinajstić information content (AvgIpc) is 3.07. The van der Waals surface area contributed by atoms with Gasteiger partial charge in [-0.3, -0.25) is 14.4 Å². The van der Waals surface area contributed by atoms with Crippen LogP contribution in [0.15, 0.2) is 132 Å². The van der Waals surface area contributed by atoms with Gasteiger partial charge in [0.15, 0.2) is 0 Å². The van der Waals surface area contributed by atoms with Crippen LogP contribution in [-0.4, -0.2) is 17.7 Å². The Labute approximate surface area is 288 Å². The molecule has 5 aromatic carbocycles. The van der Waals surface area contributed by atoms with Crippen LogP contribution in [0.3, 0.4) is 0 Å². The highest BCUT2D eigenvalue weighted by molar-refractivity contribution is 8.00. The molecule has 0 saturated carbocycles. The molecule has 0 aliphatic rings. The normalized spacial score (nSPS) is 11.8. The van der Waals surface area contributed by atoms with Crippen LogP contribution >= 0.6 is 35.0 Å². The van der Waals surface area contributed by atoms with E-state index in [0.717, 1.165) is 27.3 Å². The van der Waals surface area contributed by atoms with E-state index in [2.05, 4.69) is 16.0 Å². The van der Waals surface area contributed by atoms with Gasteiger partial charge in [0, 0.05) is 37.4 Å². The molecule has 1 unspecified atom stereocenters. The molecule has 0 heterocycles. The molecule has 6 nitrogen and oxygen atoms in total. The second kappa shape index (κ2) is 15.6. The van der Waals surface area contributed by atoms with Crippen molar-refractivity contribution in [3.63, 3.8) is 0 Å². The SMILES string of the molecule is Cc1ccc(NC(=O)C(Sc2cccc(NC(=O)/C(=C\c3c(Cl)cccc3Cl)NC(=O)c3ccccc3)c2)c2ccccc2)c(C)c1. The Kier molecular flexibility index (Phi) is 11.2. The summed E-state index contributed by atoms with van der Waals surface area (Å²) >= 11 is 14.1. The van der Waals surface area contributed by atoms with E-state index in [1.807, 2.05) is 68.4 Å². The molecule has 3 N–H and O–H groups in total. The number of anilines is 2. The summed E-state index contributed by atoms with van der Waals surface area (Å²) in [5.74, 6) is -1.23. The lowest BCUT2D eigenvalue weighted by Gasteiger charge is -2.19. The van der Waals surface area contributed by atoms with Crippen LogP contribution in [0.2, 0.25) is 10.0 Å². The number of hydrogen-bond acceptors (Lipinski definition) is 4. The first-order valence-electron chi connectivity index (χ1n) is 14.7. The molecular formula is C38H31Cl2N3O3S. The highest BCUT2D eigenvalue weighted by Crippen LogP contribution is 2.37. The van der Waals surface area contributed by atoms with Crippen LogP contribution in [0.1, 0.15) is 37.9 Å². The monoisotopic (exact) mass is 679 g/mol. The number of aryl methyl sites for hydroxylation is 2. The van der Waals surface area contributed by atoms with Gasteiger partial charge in [-0.15, -0.1) is 11.8 Å². The van der Waals surface area contributed by atoms with Crippen molar-refractivity contribution in [3.8, 4) is 0 Å². The first-order valence-corrected chi connectivity index (χ1v) is 16.3. The maximum Gasteiger partial charge on any atom is 0.272 e. The molecule has 0 spiro atoms. The molecule has 5 aromatic rings. The van der Waals surface area contributed by atoms with Gasteiger partial charge in [-0.05, 0) is 79.6 Å². The second-order valence-electron chi connectivity index (χ2n) is 10.7. The summed E-state index contributed by atoms with van der Waals surface area (Å²) in [4.78, 5) is 41.2. The Hall–Kier alpha value is -4.82. The molecule has 0 aromatic heterocycles. The highest BCUT2D eigenvalue weighted by Gasteiger charge is 2.23. The van der Waals surface area contributed by atoms with Crippen molar-refractivity contribution < 1.29 is 14.4 Å². The van der Waals surface area contributed by atoms with Crippen LogP contribution in [0.5, 0.6) is 0 Å². The summed E-state index contributed by atoms with van der Waals surface area (Å²) in [6.07, 6.45) is 1.45. The van der Waals surface area contributed by atoms with E-state index >= 15 is 0 Å². The molecule has 0 bridgehead atoms. The van der Waals surface area contributed by atoms with E-state index in [0.29, 0.717) is 26.9 Å². The molecule has 0 aliphatic heterocycles. The number of carbonyl (C=O) groups is 3. The third kappa shape index (κ3) is 8.92. The predicted octanol–water partition coefficient (Wildman–Crippen LogP) is 9.49. The minimum absolute atomic E-state index is 0.0538. The van der Waals surface area contributed by atoms with Gasteiger partial charge < -0.3 is 16.0 Å². The molecule has 0 radical (unpaired) electrons. The predicted molar refractivity (Wildman–Crippen MR) is 193 cm³/mol. The van der Waals surface area contributed by atoms with Gasteiger partial charge >= 0.3 is 0 Å². The van der Waals surface area contributed by atoms with Crippen LogP contribution < -0.4 is 16.0 Å². The van der Waals surface area contributed by atoms with Crippen molar-refractivity contribution in [2.24, 2.45) is 0 Å². The number of hydrogen-bond donors (Lipinski definition) is 3. The highest BCUT2D eigenvalue weighted by atomic mass is 35.5. The van der Waals surface area contributed by atoms with Crippen molar-refractivity contribution >= 4 is 70.1 Å². The number of carbonyl (C=O) groups excluding carboxylic acids is 3. The smallest absolute Gasteiger partial charge is 0.272 e. The van der Waals surface area contributed by atoms with Crippen LogP contribution in [0, 0.1) is 13.8 Å². The van der Waals surface area contributed by atoms with Gasteiger partial charge in [-0.1, -0.05) is 102 Å². The van der Waals surface area contributed by atoms with Gasteiger partial charge in [-0.2, -0.15) is 0 Å². The third-order valence-electron chi connectivity index (χ3n) is 7.14. The summed E-state index contributed by atoms with van der Waals surface area (Å²) in [7, 11) is 0. The quantitative estimate of drug-likeness (QED) is 0.101. The van der Waals surface area contributed by atoms with Gasteiger partial charge in [0.25, 0.3) is 11.8 Å². The standard InChI is InChI=1S/C38H31Cl2N3O3S/c1-24-19-20-33(25(2)21-24)42-38(46)35(26-11-5-3-6-12-26)47-29-16-9-15-28(22-29)41-37(45)34(23-30-31(39)17-10-18-32(30)40)43-36(44)27-13-7-4-8-14-27/h3-23,35H,1-2H3,(H,41,45)(H,42,46)(H,43,44)/b34-23+. The van der Waals surface area contributed by atoms with E-state index in [9.17, 15) is 14.4 Å². The Morgan fingerprint density at radius 1 is 0.723 bits per heavy atom.